The molecule has 1 atom stereocenters. The molecule has 2 aromatic rings. The van der Waals surface area contributed by atoms with Gasteiger partial charge in [-0.2, -0.15) is 0 Å². The number of aliphatic hydroxyl groups excluding tert-OH is 1. The molecule has 1 fully saturated rings. The van der Waals surface area contributed by atoms with Crippen LogP contribution in [0.3, 0.4) is 0 Å². The number of aryl methyl sites for hydroxylation is 2. The van der Waals surface area contributed by atoms with Crippen molar-refractivity contribution in [3.8, 4) is 11.5 Å². The Hall–Kier alpha value is -2.32. The summed E-state index contributed by atoms with van der Waals surface area (Å²) in [6, 6.07) is 11.9. The Morgan fingerprint density at radius 2 is 1.66 bits per heavy atom. The summed E-state index contributed by atoms with van der Waals surface area (Å²) in [4.78, 5) is 13.5. The van der Waals surface area contributed by atoms with Crippen LogP contribution in [0.4, 0.5) is 5.69 Å². The molecule has 176 valence electrons. The second kappa shape index (κ2) is 12.6. The third kappa shape index (κ3) is 7.38. The Balaban J connectivity index is 0.00000560. The molecule has 0 aromatic heterocycles. The number of piperazine rings is 1. The van der Waals surface area contributed by atoms with Crippen LogP contribution in [-0.2, 0) is 4.79 Å². The number of amides is 1. The molecule has 8 heteroatoms. The standard InChI is InChI=1S/C24H33N3O4.ClH/c1-18-7-6-8-19(2)24(18)25-23(29)16-27-13-11-26(12-14-27)15-20(28)17-31-22-10-5-4-9-21(22)30-3;/h4-10,20,28H,11-17H2,1-3H3,(H,25,29);1H/i11D2,12D2,13D2,14D2;. The van der Waals surface area contributed by atoms with Gasteiger partial charge in [-0.15, -0.1) is 12.4 Å². The van der Waals surface area contributed by atoms with E-state index in [1.807, 2.05) is 0 Å². The van der Waals surface area contributed by atoms with E-state index in [-0.39, 0.29) is 23.1 Å². The van der Waals surface area contributed by atoms with E-state index in [0.717, 1.165) is 0 Å². The zero-order valence-electron chi connectivity index (χ0n) is 26.2. The number of hydrogen-bond acceptors (Lipinski definition) is 6. The van der Waals surface area contributed by atoms with E-state index in [1.165, 1.54) is 7.11 Å². The molecular formula is C24H34ClN3O4. The van der Waals surface area contributed by atoms with Gasteiger partial charge in [0, 0.05) is 49.2 Å². The van der Waals surface area contributed by atoms with Crippen molar-refractivity contribution in [2.24, 2.45) is 0 Å². The van der Waals surface area contributed by atoms with Gasteiger partial charge >= 0.3 is 0 Å². The van der Waals surface area contributed by atoms with Gasteiger partial charge in [0.05, 0.1) is 13.7 Å². The van der Waals surface area contributed by atoms with Crippen LogP contribution in [0.2, 0.25) is 0 Å². The maximum absolute atomic E-state index is 12.9. The maximum atomic E-state index is 12.9. The summed E-state index contributed by atoms with van der Waals surface area (Å²) in [5, 5.41) is 13.2. The molecule has 3 rings (SSSR count). The first-order valence-electron chi connectivity index (χ1n) is 13.8. The summed E-state index contributed by atoms with van der Waals surface area (Å²) >= 11 is 0. The van der Waals surface area contributed by atoms with E-state index < -0.39 is 57.7 Å². The maximum Gasteiger partial charge on any atom is 0.238 e. The van der Waals surface area contributed by atoms with Crippen molar-refractivity contribution in [1.82, 2.24) is 9.80 Å². The van der Waals surface area contributed by atoms with E-state index in [2.05, 4.69) is 5.32 Å². The third-order valence-electron chi connectivity index (χ3n) is 4.58. The lowest BCUT2D eigenvalue weighted by Crippen LogP contribution is -2.50. The molecule has 32 heavy (non-hydrogen) atoms. The first-order chi connectivity index (χ1) is 18.0. The first kappa shape index (κ1) is 16.3. The number of rotatable bonds is 9. The van der Waals surface area contributed by atoms with Crippen LogP contribution in [0.5, 0.6) is 11.5 Å². The van der Waals surface area contributed by atoms with Crippen LogP contribution in [-0.4, -0.2) is 79.7 Å². The molecule has 0 saturated carbocycles. The quantitative estimate of drug-likeness (QED) is 0.585. The van der Waals surface area contributed by atoms with Gasteiger partial charge in [-0.05, 0) is 37.1 Å². The highest BCUT2D eigenvalue weighted by molar-refractivity contribution is 5.93. The van der Waals surface area contributed by atoms with Gasteiger partial charge < -0.3 is 19.9 Å². The predicted octanol–water partition coefficient (Wildman–Crippen LogP) is 2.73. The summed E-state index contributed by atoms with van der Waals surface area (Å²) in [6.07, 6.45) is -1.54. The molecule has 1 amide bonds. The smallest absolute Gasteiger partial charge is 0.238 e. The van der Waals surface area contributed by atoms with Crippen molar-refractivity contribution in [3.63, 3.8) is 0 Å². The molecule has 0 bridgehead atoms. The van der Waals surface area contributed by atoms with E-state index in [0.29, 0.717) is 27.5 Å². The predicted molar refractivity (Wildman–Crippen MR) is 129 cm³/mol. The van der Waals surface area contributed by atoms with Gasteiger partial charge in [-0.25, -0.2) is 0 Å². The van der Waals surface area contributed by atoms with E-state index >= 15 is 0 Å². The molecule has 0 radical (unpaired) electrons. The van der Waals surface area contributed by atoms with Crippen LogP contribution in [0.1, 0.15) is 22.1 Å². The lowest BCUT2D eigenvalue weighted by molar-refractivity contribution is -0.117. The topological polar surface area (TPSA) is 74.3 Å². The minimum atomic E-state index is -3.19. The molecule has 1 saturated heterocycles. The lowest BCUT2D eigenvalue weighted by Gasteiger charge is -2.35. The van der Waals surface area contributed by atoms with Gasteiger partial charge in [0.1, 0.15) is 12.7 Å². The van der Waals surface area contributed by atoms with Gasteiger partial charge in [0.25, 0.3) is 0 Å². The minimum Gasteiger partial charge on any atom is -0.493 e. The highest BCUT2D eigenvalue weighted by Crippen LogP contribution is 2.25. The second-order valence-electron chi connectivity index (χ2n) is 7.07. The number of nitrogens with zero attached hydrogens (tertiary/aromatic N) is 2. The van der Waals surface area contributed by atoms with Crippen LogP contribution < -0.4 is 14.8 Å². The van der Waals surface area contributed by atoms with Crippen LogP contribution in [0.15, 0.2) is 42.5 Å². The number of benzene rings is 2. The normalized spacial score (nSPS) is 25.5. The second-order valence-corrected chi connectivity index (χ2v) is 7.07. The Kier molecular flexibility index (Phi) is 6.45. The Morgan fingerprint density at radius 1 is 1.06 bits per heavy atom. The molecule has 1 aliphatic heterocycles. The molecule has 1 unspecified atom stereocenters. The Labute approximate surface area is 208 Å². The van der Waals surface area contributed by atoms with Crippen molar-refractivity contribution in [3.05, 3.63) is 53.6 Å². The molecule has 0 aliphatic carbocycles. The largest absolute Gasteiger partial charge is 0.493 e. The van der Waals surface area contributed by atoms with Gasteiger partial charge in [-0.3, -0.25) is 14.6 Å². The van der Waals surface area contributed by atoms with Crippen molar-refractivity contribution >= 4 is 24.0 Å². The number of carbonyl (C=O) groups excluding carboxylic acids is 1. The number of anilines is 1. The Morgan fingerprint density at radius 3 is 2.28 bits per heavy atom. The summed E-state index contributed by atoms with van der Waals surface area (Å²) in [6.45, 7) is -11.4. The zero-order chi connectivity index (χ0) is 29.4. The van der Waals surface area contributed by atoms with E-state index in [4.69, 9.17) is 20.4 Å². The number of halogens is 1. The molecule has 1 heterocycles. The molecule has 7 nitrogen and oxygen atoms in total. The van der Waals surface area contributed by atoms with Crippen LogP contribution in [0, 0.1) is 13.8 Å². The molecule has 1 aliphatic rings. The minimum absolute atomic E-state index is 0. The molecular weight excluding hydrogens is 430 g/mol. The van der Waals surface area contributed by atoms with Crippen molar-refractivity contribution in [2.75, 3.05) is 58.1 Å². The van der Waals surface area contributed by atoms with E-state index in [9.17, 15) is 9.90 Å². The fourth-order valence-electron chi connectivity index (χ4n) is 2.99. The Bertz CT molecular complexity index is 1160. The van der Waals surface area contributed by atoms with Gasteiger partial charge in [-0.1, -0.05) is 30.3 Å². The summed E-state index contributed by atoms with van der Waals surface area (Å²) in [7, 11) is 1.42. The average Bonchev–Trinajstić information content (AvgIpc) is 2.85. The highest BCUT2D eigenvalue weighted by atomic mass is 35.5. The lowest BCUT2D eigenvalue weighted by atomic mass is 10.1. The summed E-state index contributed by atoms with van der Waals surface area (Å²) in [5.74, 6) is -0.197. The number of nitrogens with one attached hydrogen (secondary N) is 1. The number of carbonyl (C=O) groups is 1. The number of para-hydroxylation sites is 3. The fourth-order valence-corrected chi connectivity index (χ4v) is 2.99. The van der Waals surface area contributed by atoms with Crippen LogP contribution in [0.25, 0.3) is 0 Å². The monoisotopic (exact) mass is 471 g/mol. The SMILES string of the molecule is Cl.[2H]C1([2H])N(CC(=O)Nc2c(C)cccc2C)C([2H])([2H])C([2H])([2H])N(CC(O)COc2ccccc2OC)C1([2H])[2H]. The van der Waals surface area contributed by atoms with Crippen molar-refractivity contribution in [1.29, 1.82) is 0 Å². The summed E-state index contributed by atoms with van der Waals surface area (Å²) < 4.78 is 78.7. The number of hydrogen-bond donors (Lipinski definition) is 2. The van der Waals surface area contributed by atoms with Gasteiger partial charge in [0.15, 0.2) is 11.5 Å². The number of ether oxygens (including phenoxy) is 2. The molecule has 0 spiro atoms. The number of methoxy groups -OCH3 is 1. The van der Waals surface area contributed by atoms with E-state index in [1.54, 1.807) is 56.3 Å². The fraction of sp³-hybridized carbons (Fsp3) is 0.458. The first-order valence-corrected chi connectivity index (χ1v) is 9.84. The molecule has 2 aromatic carbocycles. The van der Waals surface area contributed by atoms with Crippen LogP contribution >= 0.6 is 12.4 Å². The van der Waals surface area contributed by atoms with Crippen molar-refractivity contribution < 1.29 is 30.3 Å². The van der Waals surface area contributed by atoms with Gasteiger partial charge in [0.2, 0.25) is 5.91 Å². The highest BCUT2D eigenvalue weighted by Gasteiger charge is 2.21. The summed E-state index contributed by atoms with van der Waals surface area (Å²) in [5.41, 5.74) is 1.88. The average molecular weight is 472 g/mol. The molecule has 2 N–H and O–H groups in total. The third-order valence-corrected chi connectivity index (χ3v) is 4.58. The number of aliphatic hydroxyl groups is 1. The zero-order valence-corrected chi connectivity index (χ0v) is 19.0. The van der Waals surface area contributed by atoms with Crippen molar-refractivity contribution in [2.45, 2.75) is 20.0 Å². The number of β-amino-alcohol motifs (C(OH)–C–C–N with tert-alkyl or cyclic N) is 1.